The summed E-state index contributed by atoms with van der Waals surface area (Å²) in [6.07, 6.45) is 2.96. The summed E-state index contributed by atoms with van der Waals surface area (Å²) in [7, 11) is 1.75. The minimum Gasteiger partial charge on any atom is -0.456 e. The quantitative estimate of drug-likeness (QED) is 0.277. The smallest absolute Gasteiger partial charge is 0.345 e. The zero-order chi connectivity index (χ0) is 13.1. The Balaban J connectivity index is 3.13. The molecule has 0 radical (unpaired) electrons. The van der Waals surface area contributed by atoms with Crippen molar-refractivity contribution >= 4 is 12.2 Å². The Kier molecular flexibility index (Phi) is 3.83. The summed E-state index contributed by atoms with van der Waals surface area (Å²) in [5, 5.41) is 11.5. The van der Waals surface area contributed by atoms with Crippen LogP contribution in [-0.2, 0) is 11.8 Å². The zero-order valence-electron chi connectivity index (χ0n) is 10.5. The van der Waals surface area contributed by atoms with Crippen molar-refractivity contribution in [2.24, 2.45) is 12.2 Å². The Morgan fingerprint density at radius 3 is 2.71 bits per heavy atom. The Hall–Kier alpha value is -1.91. The van der Waals surface area contributed by atoms with Crippen molar-refractivity contribution < 1.29 is 19.3 Å². The van der Waals surface area contributed by atoms with Gasteiger partial charge in [0.15, 0.2) is 6.20 Å². The third-order valence-corrected chi connectivity index (χ3v) is 2.03. The summed E-state index contributed by atoms with van der Waals surface area (Å²) in [6.45, 7) is 5.40. The predicted molar refractivity (Wildman–Crippen MR) is 62.2 cm³/mol. The molecule has 0 amide bonds. The van der Waals surface area contributed by atoms with Crippen LogP contribution in [-0.4, -0.2) is 23.0 Å². The lowest BCUT2D eigenvalue weighted by atomic mass is 10.1. The molecule has 0 atom stereocenters. The van der Waals surface area contributed by atoms with Crippen molar-refractivity contribution in [1.82, 2.24) is 0 Å². The Labute approximate surface area is 100 Å². The summed E-state index contributed by atoms with van der Waals surface area (Å²) in [6, 6.07) is 3.36. The summed E-state index contributed by atoms with van der Waals surface area (Å²) < 4.78 is 6.95. The van der Waals surface area contributed by atoms with Crippen LogP contribution < -0.4 is 4.57 Å². The van der Waals surface area contributed by atoms with Gasteiger partial charge in [0.05, 0.1) is 0 Å². The molecule has 0 saturated heterocycles. The SMILES string of the molecule is C[n+]1cccc(C(=O)OC(C)(C)C)c1/C=N/O. The van der Waals surface area contributed by atoms with Crippen LogP contribution in [0.1, 0.15) is 36.8 Å². The Bertz CT molecular complexity index is 448. The molecule has 5 nitrogen and oxygen atoms in total. The van der Waals surface area contributed by atoms with Crippen LogP contribution in [0, 0.1) is 0 Å². The number of rotatable bonds is 2. The number of oxime groups is 1. The van der Waals surface area contributed by atoms with Gasteiger partial charge < -0.3 is 9.94 Å². The van der Waals surface area contributed by atoms with E-state index in [4.69, 9.17) is 9.94 Å². The number of carbonyl (C=O) groups is 1. The molecule has 0 aliphatic heterocycles. The maximum atomic E-state index is 11.9. The van der Waals surface area contributed by atoms with Crippen LogP contribution in [0.3, 0.4) is 0 Å². The van der Waals surface area contributed by atoms with Crippen molar-refractivity contribution in [2.45, 2.75) is 26.4 Å². The first-order chi connectivity index (χ1) is 7.85. The highest BCUT2D eigenvalue weighted by atomic mass is 16.6. The number of nitrogens with zero attached hydrogens (tertiary/aromatic N) is 2. The normalized spacial score (nSPS) is 11.8. The van der Waals surface area contributed by atoms with E-state index < -0.39 is 11.6 Å². The highest BCUT2D eigenvalue weighted by Gasteiger charge is 2.24. The molecule has 0 saturated carbocycles. The van der Waals surface area contributed by atoms with E-state index >= 15 is 0 Å². The van der Waals surface area contributed by atoms with E-state index in [0.29, 0.717) is 11.3 Å². The molecule has 0 fully saturated rings. The number of aromatic nitrogens is 1. The summed E-state index contributed by atoms with van der Waals surface area (Å²) in [5.74, 6) is -0.441. The van der Waals surface area contributed by atoms with Gasteiger partial charge in [-0.25, -0.2) is 4.79 Å². The van der Waals surface area contributed by atoms with Crippen molar-refractivity contribution in [3.63, 3.8) is 0 Å². The number of carbonyl (C=O) groups excluding carboxylic acids is 1. The second-order valence-electron chi connectivity index (χ2n) is 4.66. The molecular weight excluding hydrogens is 220 g/mol. The fourth-order valence-corrected chi connectivity index (χ4v) is 1.35. The van der Waals surface area contributed by atoms with Crippen LogP contribution in [0.15, 0.2) is 23.5 Å². The maximum Gasteiger partial charge on any atom is 0.345 e. The van der Waals surface area contributed by atoms with E-state index in [9.17, 15) is 4.79 Å². The lowest BCUT2D eigenvalue weighted by Gasteiger charge is -2.19. The van der Waals surface area contributed by atoms with Crippen molar-refractivity contribution in [3.8, 4) is 0 Å². The molecule has 17 heavy (non-hydrogen) atoms. The first-order valence-corrected chi connectivity index (χ1v) is 5.24. The number of ether oxygens (including phenoxy) is 1. The molecule has 5 heteroatoms. The summed E-state index contributed by atoms with van der Waals surface area (Å²) in [4.78, 5) is 11.9. The minimum absolute atomic E-state index is 0.364. The van der Waals surface area contributed by atoms with Gasteiger partial charge in [0, 0.05) is 6.07 Å². The third kappa shape index (κ3) is 3.55. The number of hydrogen-bond acceptors (Lipinski definition) is 4. The molecule has 92 valence electrons. The second-order valence-corrected chi connectivity index (χ2v) is 4.66. The molecule has 0 spiro atoms. The van der Waals surface area contributed by atoms with Gasteiger partial charge in [0.1, 0.15) is 24.4 Å². The minimum atomic E-state index is -0.556. The van der Waals surface area contributed by atoms with E-state index in [2.05, 4.69) is 5.16 Å². The molecule has 1 aromatic heterocycles. The molecule has 0 aliphatic carbocycles. The fraction of sp³-hybridized carbons (Fsp3) is 0.417. The number of hydrogen-bond donors (Lipinski definition) is 1. The molecular formula is C12H17N2O3+. The van der Waals surface area contributed by atoms with E-state index in [0.717, 1.165) is 0 Å². The van der Waals surface area contributed by atoms with Gasteiger partial charge in [-0.05, 0) is 26.8 Å². The van der Waals surface area contributed by atoms with E-state index in [1.807, 2.05) is 0 Å². The van der Waals surface area contributed by atoms with E-state index in [-0.39, 0.29) is 0 Å². The highest BCUT2D eigenvalue weighted by Crippen LogP contribution is 2.12. The Morgan fingerprint density at radius 1 is 1.53 bits per heavy atom. The molecule has 1 aromatic rings. The van der Waals surface area contributed by atoms with Crippen molar-refractivity contribution in [1.29, 1.82) is 0 Å². The first-order valence-electron chi connectivity index (χ1n) is 5.24. The number of aryl methyl sites for hydroxylation is 1. The van der Waals surface area contributed by atoms with Gasteiger partial charge in [-0.15, -0.1) is 0 Å². The third-order valence-electron chi connectivity index (χ3n) is 2.03. The Morgan fingerprint density at radius 2 is 2.18 bits per heavy atom. The van der Waals surface area contributed by atoms with Crippen LogP contribution in [0.2, 0.25) is 0 Å². The average molecular weight is 237 g/mol. The molecule has 0 aliphatic rings. The van der Waals surface area contributed by atoms with Gasteiger partial charge >= 0.3 is 5.97 Å². The lowest BCUT2D eigenvalue weighted by molar-refractivity contribution is -0.672. The van der Waals surface area contributed by atoms with Crippen LogP contribution >= 0.6 is 0 Å². The summed E-state index contributed by atoms with van der Waals surface area (Å²) >= 11 is 0. The van der Waals surface area contributed by atoms with Crippen molar-refractivity contribution in [2.75, 3.05) is 0 Å². The molecule has 1 heterocycles. The second kappa shape index (κ2) is 4.95. The van der Waals surface area contributed by atoms with Crippen LogP contribution in [0.5, 0.6) is 0 Å². The molecule has 1 rings (SSSR count). The van der Waals surface area contributed by atoms with Crippen molar-refractivity contribution in [3.05, 3.63) is 29.6 Å². The van der Waals surface area contributed by atoms with Crippen LogP contribution in [0.4, 0.5) is 0 Å². The first kappa shape index (κ1) is 13.2. The van der Waals surface area contributed by atoms with E-state index in [1.165, 1.54) is 6.21 Å². The van der Waals surface area contributed by atoms with Crippen LogP contribution in [0.25, 0.3) is 0 Å². The van der Waals surface area contributed by atoms with Gasteiger partial charge in [-0.3, -0.25) is 0 Å². The average Bonchev–Trinajstić information content (AvgIpc) is 2.18. The molecule has 1 N–H and O–H groups in total. The standard InChI is InChI=1S/C12H16N2O3/c1-12(2,3)17-11(15)9-6-5-7-14(4)10(9)8-13-16/h5-8H,1-4H3/p+1. The topological polar surface area (TPSA) is 62.8 Å². The van der Waals surface area contributed by atoms with Gasteiger partial charge in [0.2, 0.25) is 5.69 Å². The van der Waals surface area contributed by atoms with Gasteiger partial charge in [-0.1, -0.05) is 5.16 Å². The highest BCUT2D eigenvalue weighted by molar-refractivity contribution is 5.97. The van der Waals surface area contributed by atoms with Gasteiger partial charge in [0.25, 0.3) is 0 Å². The lowest BCUT2D eigenvalue weighted by Crippen LogP contribution is -2.36. The fourth-order valence-electron chi connectivity index (χ4n) is 1.35. The molecule has 0 aromatic carbocycles. The zero-order valence-corrected chi connectivity index (χ0v) is 10.5. The maximum absolute atomic E-state index is 11.9. The molecule has 0 unspecified atom stereocenters. The largest absolute Gasteiger partial charge is 0.456 e. The van der Waals surface area contributed by atoms with E-state index in [1.54, 1.807) is 50.7 Å². The monoisotopic (exact) mass is 237 g/mol. The molecule has 0 bridgehead atoms. The van der Waals surface area contributed by atoms with Gasteiger partial charge in [-0.2, -0.15) is 4.57 Å². The summed E-state index contributed by atoms with van der Waals surface area (Å²) in [5.41, 5.74) is 0.297. The number of esters is 1. The predicted octanol–water partition coefficient (Wildman–Crippen LogP) is 1.27. The number of pyridine rings is 1.